The van der Waals surface area contributed by atoms with Gasteiger partial charge in [-0.3, -0.25) is 14.6 Å². The molecule has 4 rings (SSSR count). The van der Waals surface area contributed by atoms with E-state index in [1.807, 2.05) is 19.2 Å². The van der Waals surface area contributed by atoms with E-state index in [-0.39, 0.29) is 12.6 Å². The summed E-state index contributed by atoms with van der Waals surface area (Å²) >= 11 is 0. The molecule has 0 amide bonds. The summed E-state index contributed by atoms with van der Waals surface area (Å²) in [7, 11) is 1.55. The summed E-state index contributed by atoms with van der Waals surface area (Å²) in [5.74, 6) is 0.323. The summed E-state index contributed by atoms with van der Waals surface area (Å²) in [4.78, 5) is 16.1. The lowest BCUT2D eigenvalue weighted by molar-refractivity contribution is 0.0287. The van der Waals surface area contributed by atoms with Crippen molar-refractivity contribution in [2.24, 2.45) is 4.99 Å². The molecule has 11 nitrogen and oxygen atoms in total. The maximum atomic E-state index is 9.97. The van der Waals surface area contributed by atoms with Gasteiger partial charge in [-0.05, 0) is 25.5 Å². The van der Waals surface area contributed by atoms with Crippen molar-refractivity contribution in [2.45, 2.75) is 32.5 Å². The molecule has 11 heteroatoms. The monoisotopic (exact) mass is 480 g/mol. The van der Waals surface area contributed by atoms with E-state index in [4.69, 9.17) is 9.47 Å². The minimum atomic E-state index is -0.648. The number of morpholine rings is 1. The van der Waals surface area contributed by atoms with Gasteiger partial charge < -0.3 is 14.6 Å². The van der Waals surface area contributed by atoms with Gasteiger partial charge in [0.25, 0.3) is 5.95 Å². The van der Waals surface area contributed by atoms with Crippen LogP contribution in [0.5, 0.6) is 0 Å². The molecule has 1 fully saturated rings. The second-order valence-corrected chi connectivity index (χ2v) is 8.54. The van der Waals surface area contributed by atoms with E-state index in [1.54, 1.807) is 34.9 Å². The van der Waals surface area contributed by atoms with Gasteiger partial charge in [-0.2, -0.15) is 10.1 Å². The molecule has 1 saturated heterocycles. The molecule has 0 radical (unpaired) electrons. The topological polar surface area (TPSA) is 115 Å². The fraction of sp³-hybridized carbons (Fsp3) is 0.458. The highest BCUT2D eigenvalue weighted by molar-refractivity contribution is 6.08. The number of hydrogen-bond acceptors (Lipinski definition) is 9. The minimum absolute atomic E-state index is 0.235. The van der Waals surface area contributed by atoms with E-state index in [2.05, 4.69) is 49.6 Å². The molecule has 0 spiro atoms. The third-order valence-corrected chi connectivity index (χ3v) is 5.72. The smallest absolute Gasteiger partial charge is 0.269 e. The highest BCUT2D eigenvalue weighted by Crippen LogP contribution is 2.22. The maximum absolute atomic E-state index is 9.97. The fourth-order valence-electron chi connectivity index (χ4n) is 3.82. The summed E-state index contributed by atoms with van der Waals surface area (Å²) < 4.78 is 13.7. The summed E-state index contributed by atoms with van der Waals surface area (Å²) in [6.07, 6.45) is 10.3. The molecule has 1 aliphatic rings. The predicted molar refractivity (Wildman–Crippen MR) is 133 cm³/mol. The molecule has 2 atom stereocenters. The lowest BCUT2D eigenvalue weighted by Crippen LogP contribution is -2.41. The molecular formula is C24H32N8O3. The van der Waals surface area contributed by atoms with E-state index in [9.17, 15) is 5.11 Å². The molecule has 186 valence electrons. The molecule has 0 aliphatic carbocycles. The van der Waals surface area contributed by atoms with Gasteiger partial charge in [0.05, 0.1) is 44.4 Å². The number of hydrogen-bond donors (Lipinski definition) is 1. The van der Waals surface area contributed by atoms with Crippen LogP contribution in [0.2, 0.25) is 0 Å². The lowest BCUT2D eigenvalue weighted by Gasteiger charge is -2.30. The van der Waals surface area contributed by atoms with Crippen LogP contribution in [-0.2, 0) is 16.0 Å². The van der Waals surface area contributed by atoms with Gasteiger partial charge in [0.1, 0.15) is 5.69 Å². The van der Waals surface area contributed by atoms with Crippen LogP contribution in [0.15, 0.2) is 54.1 Å². The van der Waals surface area contributed by atoms with Gasteiger partial charge in [-0.15, -0.1) is 5.10 Å². The highest BCUT2D eigenvalue weighted by atomic mass is 16.5. The number of ether oxygens (including phenoxy) is 2. The first-order valence-corrected chi connectivity index (χ1v) is 11.6. The Balaban J connectivity index is 1.57. The Labute approximate surface area is 204 Å². The Kier molecular flexibility index (Phi) is 8.13. The Morgan fingerprint density at radius 1 is 1.37 bits per heavy atom. The Morgan fingerprint density at radius 3 is 2.91 bits per heavy atom. The molecule has 0 saturated carbocycles. The molecule has 4 heterocycles. The third kappa shape index (κ3) is 6.25. The molecule has 35 heavy (non-hydrogen) atoms. The van der Waals surface area contributed by atoms with Crippen LogP contribution in [0.3, 0.4) is 0 Å². The zero-order valence-corrected chi connectivity index (χ0v) is 20.4. The normalized spacial score (nSPS) is 17.3. The van der Waals surface area contributed by atoms with Crippen LogP contribution in [-0.4, -0.2) is 97.2 Å². The Hall–Kier alpha value is -3.25. The van der Waals surface area contributed by atoms with Gasteiger partial charge in [-0.1, -0.05) is 12.7 Å². The van der Waals surface area contributed by atoms with Crippen LogP contribution in [0, 0.1) is 0 Å². The first-order valence-electron chi connectivity index (χ1n) is 11.6. The van der Waals surface area contributed by atoms with Gasteiger partial charge >= 0.3 is 0 Å². The quantitative estimate of drug-likeness (QED) is 0.438. The summed E-state index contributed by atoms with van der Waals surface area (Å²) in [5, 5.41) is 18.8. The number of nitrogens with zero attached hydrogens (tertiary/aromatic N) is 8. The number of allylic oxidation sites excluding steroid dienone is 2. The predicted octanol–water partition coefficient (Wildman–Crippen LogP) is 1.92. The van der Waals surface area contributed by atoms with Crippen molar-refractivity contribution >= 4 is 17.3 Å². The van der Waals surface area contributed by atoms with Crippen molar-refractivity contribution < 1.29 is 14.6 Å². The standard InChI is InChI=1S/C24H32N8O3/c1-17(2)21(6-5-18(3)30-9-11-35-12-10-30)27-24-28-23-22(25-7-8-32(23)29-24)19-13-26-31(14-19)15-20(33)16-34-4/h5-8,13-14,18,20,33H,1,9-12,15-16H2,2-4H3/b6-5-,27-21?. The third-order valence-electron chi connectivity index (χ3n) is 5.72. The minimum Gasteiger partial charge on any atom is -0.389 e. The molecule has 1 N–H and O–H groups in total. The van der Waals surface area contributed by atoms with Crippen molar-refractivity contribution in [2.75, 3.05) is 40.0 Å². The fourth-order valence-corrected chi connectivity index (χ4v) is 3.82. The second kappa shape index (κ2) is 11.5. The first-order chi connectivity index (χ1) is 16.9. The Morgan fingerprint density at radius 2 is 2.17 bits per heavy atom. The van der Waals surface area contributed by atoms with Crippen LogP contribution < -0.4 is 0 Å². The van der Waals surface area contributed by atoms with E-state index in [0.717, 1.165) is 43.2 Å². The van der Waals surface area contributed by atoms with Gasteiger partial charge in [-0.25, -0.2) is 9.51 Å². The van der Waals surface area contributed by atoms with Crippen molar-refractivity contribution in [3.05, 3.63) is 49.1 Å². The average Bonchev–Trinajstić information content (AvgIpc) is 3.48. The number of aliphatic hydroxyl groups is 1. The number of aliphatic imine (C=N–C) groups is 1. The molecule has 3 aromatic heterocycles. The molecule has 2 unspecified atom stereocenters. The summed E-state index contributed by atoms with van der Waals surface area (Å²) in [6.45, 7) is 12.0. The van der Waals surface area contributed by atoms with E-state index in [1.165, 1.54) is 0 Å². The SMILES string of the molecule is C=C(C)C(/C=C\C(C)N1CCOCC1)=Nc1nc2c(-c3cnn(CC(O)COC)c3)nccn2n1. The van der Waals surface area contributed by atoms with Crippen molar-refractivity contribution in [3.63, 3.8) is 0 Å². The molecule has 3 aromatic rings. The molecule has 0 aromatic carbocycles. The van der Waals surface area contributed by atoms with Crippen molar-refractivity contribution in [1.82, 2.24) is 34.3 Å². The maximum Gasteiger partial charge on any atom is 0.269 e. The largest absolute Gasteiger partial charge is 0.389 e. The van der Waals surface area contributed by atoms with Crippen LogP contribution in [0.4, 0.5) is 5.95 Å². The van der Waals surface area contributed by atoms with Crippen molar-refractivity contribution in [1.29, 1.82) is 0 Å². The number of rotatable bonds is 10. The zero-order valence-electron chi connectivity index (χ0n) is 20.4. The Bertz CT molecular complexity index is 1210. The highest BCUT2D eigenvalue weighted by Gasteiger charge is 2.16. The average molecular weight is 481 g/mol. The summed E-state index contributed by atoms with van der Waals surface area (Å²) in [6, 6.07) is 0.257. The van der Waals surface area contributed by atoms with Crippen molar-refractivity contribution in [3.8, 4) is 11.3 Å². The van der Waals surface area contributed by atoms with Crippen LogP contribution in [0.25, 0.3) is 16.9 Å². The van der Waals surface area contributed by atoms with Gasteiger partial charge in [0, 0.05) is 50.4 Å². The molecule has 1 aliphatic heterocycles. The van der Waals surface area contributed by atoms with Gasteiger partial charge in [0.2, 0.25) is 0 Å². The molecule has 0 bridgehead atoms. The summed E-state index contributed by atoms with van der Waals surface area (Å²) in [5.41, 5.74) is 3.50. The van der Waals surface area contributed by atoms with E-state index >= 15 is 0 Å². The zero-order chi connectivity index (χ0) is 24.8. The number of aliphatic hydroxyl groups excluding tert-OH is 1. The lowest BCUT2D eigenvalue weighted by atomic mass is 10.1. The number of fused-ring (bicyclic) bond motifs is 1. The molecular weight excluding hydrogens is 448 g/mol. The van der Waals surface area contributed by atoms with Crippen LogP contribution >= 0.6 is 0 Å². The number of methoxy groups -OCH3 is 1. The van der Waals surface area contributed by atoms with Gasteiger partial charge in [0.15, 0.2) is 5.65 Å². The number of aromatic nitrogens is 6. The first kappa shape index (κ1) is 24.9. The van der Waals surface area contributed by atoms with E-state index < -0.39 is 6.10 Å². The van der Waals surface area contributed by atoms with Crippen LogP contribution in [0.1, 0.15) is 13.8 Å². The van der Waals surface area contributed by atoms with E-state index in [0.29, 0.717) is 23.8 Å². The second-order valence-electron chi connectivity index (χ2n) is 8.54.